The van der Waals surface area contributed by atoms with Crippen LogP contribution in [0.3, 0.4) is 0 Å². The Morgan fingerprint density at radius 1 is 1.64 bits per heavy atom. The fourth-order valence-electron chi connectivity index (χ4n) is 1.77. The van der Waals surface area contributed by atoms with E-state index in [-0.39, 0.29) is 13.0 Å². The summed E-state index contributed by atoms with van der Waals surface area (Å²) in [5.41, 5.74) is 4.83. The Morgan fingerprint density at radius 2 is 2.29 bits per heavy atom. The fourth-order valence-corrected chi connectivity index (χ4v) is 1.77. The SMILES string of the molecule is CCn1cc(C2(CN)CC2(F)F)cn1. The van der Waals surface area contributed by atoms with E-state index in [1.54, 1.807) is 10.9 Å². The number of hydrogen-bond acceptors (Lipinski definition) is 2. The first-order chi connectivity index (χ1) is 6.55. The summed E-state index contributed by atoms with van der Waals surface area (Å²) in [5.74, 6) is -2.65. The number of rotatable bonds is 3. The number of aryl methyl sites for hydroxylation is 1. The van der Waals surface area contributed by atoms with E-state index >= 15 is 0 Å². The van der Waals surface area contributed by atoms with E-state index < -0.39 is 11.3 Å². The zero-order valence-electron chi connectivity index (χ0n) is 8.00. The molecule has 1 aliphatic carbocycles. The molecule has 2 N–H and O–H groups in total. The van der Waals surface area contributed by atoms with E-state index in [2.05, 4.69) is 5.10 Å². The van der Waals surface area contributed by atoms with Crippen molar-refractivity contribution in [3.05, 3.63) is 18.0 Å². The Balaban J connectivity index is 2.31. The highest BCUT2D eigenvalue weighted by Crippen LogP contribution is 2.60. The fraction of sp³-hybridized carbons (Fsp3) is 0.667. The Morgan fingerprint density at radius 3 is 2.64 bits per heavy atom. The van der Waals surface area contributed by atoms with Crippen molar-refractivity contribution < 1.29 is 8.78 Å². The van der Waals surface area contributed by atoms with Crippen molar-refractivity contribution in [3.63, 3.8) is 0 Å². The normalized spacial score (nSPS) is 29.1. The molecule has 2 rings (SSSR count). The second-order valence-corrected chi connectivity index (χ2v) is 3.75. The molecular formula is C9H13F2N3. The minimum Gasteiger partial charge on any atom is -0.329 e. The predicted octanol–water partition coefficient (Wildman–Crippen LogP) is 1.14. The number of halogens is 2. The van der Waals surface area contributed by atoms with Crippen LogP contribution in [-0.4, -0.2) is 22.2 Å². The molecule has 0 aromatic carbocycles. The number of hydrogen-bond donors (Lipinski definition) is 1. The lowest BCUT2D eigenvalue weighted by atomic mass is 9.99. The maximum Gasteiger partial charge on any atom is 0.260 e. The quantitative estimate of drug-likeness (QED) is 0.796. The Hall–Kier alpha value is -0.970. The molecule has 78 valence electrons. The molecule has 14 heavy (non-hydrogen) atoms. The lowest BCUT2D eigenvalue weighted by molar-refractivity contribution is 0.0896. The minimum atomic E-state index is -2.65. The lowest BCUT2D eigenvalue weighted by Gasteiger charge is -2.10. The van der Waals surface area contributed by atoms with Gasteiger partial charge in [-0.2, -0.15) is 5.10 Å². The van der Waals surface area contributed by atoms with Crippen LogP contribution in [-0.2, 0) is 12.0 Å². The van der Waals surface area contributed by atoms with Crippen LogP contribution in [0.5, 0.6) is 0 Å². The molecular weight excluding hydrogens is 188 g/mol. The molecule has 5 heteroatoms. The van der Waals surface area contributed by atoms with Crippen LogP contribution in [0.4, 0.5) is 8.78 Å². The van der Waals surface area contributed by atoms with Gasteiger partial charge in [-0.15, -0.1) is 0 Å². The molecule has 0 amide bonds. The molecule has 1 aromatic rings. The summed E-state index contributed by atoms with van der Waals surface area (Å²) in [6.45, 7) is 2.58. The van der Waals surface area contributed by atoms with E-state index in [1.165, 1.54) is 6.20 Å². The molecule has 0 radical (unpaired) electrons. The van der Waals surface area contributed by atoms with Crippen LogP contribution in [0.1, 0.15) is 18.9 Å². The monoisotopic (exact) mass is 201 g/mol. The zero-order chi connectivity index (χ0) is 10.4. The van der Waals surface area contributed by atoms with Crippen molar-refractivity contribution >= 4 is 0 Å². The molecule has 3 nitrogen and oxygen atoms in total. The van der Waals surface area contributed by atoms with Crippen molar-refractivity contribution in [1.82, 2.24) is 9.78 Å². The van der Waals surface area contributed by atoms with Gasteiger partial charge in [-0.3, -0.25) is 4.68 Å². The summed E-state index contributed by atoms with van der Waals surface area (Å²) in [6, 6.07) is 0. The predicted molar refractivity (Wildman–Crippen MR) is 48.2 cm³/mol. The van der Waals surface area contributed by atoms with Crippen LogP contribution in [0, 0.1) is 0 Å². The molecule has 0 saturated heterocycles. The minimum absolute atomic E-state index is 0.0184. The molecule has 1 saturated carbocycles. The molecule has 1 atom stereocenters. The summed E-state index contributed by atoms with van der Waals surface area (Å²) in [4.78, 5) is 0. The number of nitrogens with zero attached hydrogens (tertiary/aromatic N) is 2. The van der Waals surface area contributed by atoms with Gasteiger partial charge in [0, 0.05) is 31.3 Å². The summed E-state index contributed by atoms with van der Waals surface area (Å²) in [7, 11) is 0. The average molecular weight is 201 g/mol. The van der Waals surface area contributed by atoms with Crippen LogP contribution >= 0.6 is 0 Å². The van der Waals surface area contributed by atoms with Crippen LogP contribution < -0.4 is 5.73 Å². The third-order valence-corrected chi connectivity index (χ3v) is 2.96. The van der Waals surface area contributed by atoms with E-state index in [4.69, 9.17) is 5.73 Å². The van der Waals surface area contributed by atoms with Gasteiger partial charge in [-0.05, 0) is 6.92 Å². The van der Waals surface area contributed by atoms with E-state index in [9.17, 15) is 8.78 Å². The highest BCUT2D eigenvalue weighted by molar-refractivity contribution is 5.35. The summed E-state index contributed by atoms with van der Waals surface area (Å²) in [5, 5.41) is 3.98. The highest BCUT2D eigenvalue weighted by atomic mass is 19.3. The van der Waals surface area contributed by atoms with Crippen molar-refractivity contribution in [2.45, 2.75) is 31.2 Å². The third kappa shape index (κ3) is 1.08. The molecule has 1 aliphatic rings. The maximum absolute atomic E-state index is 13.1. The van der Waals surface area contributed by atoms with Gasteiger partial charge in [0.2, 0.25) is 0 Å². The smallest absolute Gasteiger partial charge is 0.260 e. The van der Waals surface area contributed by atoms with Crippen molar-refractivity contribution in [1.29, 1.82) is 0 Å². The molecule has 1 unspecified atom stereocenters. The standard InChI is InChI=1S/C9H13F2N3/c1-2-14-4-7(3-13-14)8(6-12)5-9(8,10)11/h3-4H,2,5-6,12H2,1H3. The molecule has 0 bridgehead atoms. The summed E-state index contributed by atoms with van der Waals surface area (Å²) >= 11 is 0. The van der Waals surface area contributed by atoms with E-state index in [0.29, 0.717) is 12.1 Å². The van der Waals surface area contributed by atoms with Gasteiger partial charge in [-0.25, -0.2) is 8.78 Å². The Labute approximate surface area is 80.9 Å². The average Bonchev–Trinajstić information content (AvgIpc) is 2.57. The molecule has 1 aromatic heterocycles. The maximum atomic E-state index is 13.1. The van der Waals surface area contributed by atoms with E-state index in [1.807, 2.05) is 6.92 Å². The first-order valence-electron chi connectivity index (χ1n) is 4.66. The topological polar surface area (TPSA) is 43.8 Å². The highest BCUT2D eigenvalue weighted by Gasteiger charge is 2.71. The van der Waals surface area contributed by atoms with Gasteiger partial charge in [0.15, 0.2) is 0 Å². The molecule has 1 fully saturated rings. The van der Waals surface area contributed by atoms with Gasteiger partial charge < -0.3 is 5.73 Å². The second-order valence-electron chi connectivity index (χ2n) is 3.75. The van der Waals surface area contributed by atoms with Gasteiger partial charge in [0.05, 0.1) is 11.6 Å². The molecule has 1 heterocycles. The second kappa shape index (κ2) is 2.76. The zero-order valence-corrected chi connectivity index (χ0v) is 8.00. The van der Waals surface area contributed by atoms with E-state index in [0.717, 1.165) is 0 Å². The van der Waals surface area contributed by atoms with Crippen LogP contribution in [0.15, 0.2) is 12.4 Å². The number of nitrogens with two attached hydrogens (primary N) is 1. The Bertz CT molecular complexity index is 348. The van der Waals surface area contributed by atoms with Crippen molar-refractivity contribution in [2.24, 2.45) is 5.73 Å². The third-order valence-electron chi connectivity index (χ3n) is 2.96. The molecule has 0 spiro atoms. The number of alkyl halides is 2. The van der Waals surface area contributed by atoms with Gasteiger partial charge >= 0.3 is 0 Å². The van der Waals surface area contributed by atoms with Gasteiger partial charge in [0.1, 0.15) is 0 Å². The van der Waals surface area contributed by atoms with Gasteiger partial charge in [-0.1, -0.05) is 0 Å². The summed E-state index contributed by atoms with van der Waals surface area (Å²) in [6.07, 6.45) is 3.01. The lowest BCUT2D eigenvalue weighted by Crippen LogP contribution is -2.26. The van der Waals surface area contributed by atoms with Crippen LogP contribution in [0.2, 0.25) is 0 Å². The first kappa shape index (κ1) is 9.58. The number of aromatic nitrogens is 2. The first-order valence-corrected chi connectivity index (χ1v) is 4.66. The van der Waals surface area contributed by atoms with Crippen molar-refractivity contribution in [3.8, 4) is 0 Å². The Kier molecular flexibility index (Phi) is 1.89. The van der Waals surface area contributed by atoms with Crippen LogP contribution in [0.25, 0.3) is 0 Å². The van der Waals surface area contributed by atoms with Crippen molar-refractivity contribution in [2.75, 3.05) is 6.54 Å². The van der Waals surface area contributed by atoms with Gasteiger partial charge in [0.25, 0.3) is 5.92 Å². The summed E-state index contributed by atoms with van der Waals surface area (Å²) < 4.78 is 27.9. The molecule has 0 aliphatic heterocycles. The largest absolute Gasteiger partial charge is 0.329 e.